The average Bonchev–Trinajstić information content (AvgIpc) is 3.52. The molecule has 4 N–H and O–H groups in total. The first-order valence-corrected chi connectivity index (χ1v) is 14.5. The minimum Gasteiger partial charge on any atom is -0.489 e. The Morgan fingerprint density at radius 3 is 2.78 bits per heavy atom. The third kappa shape index (κ3) is 7.53. The number of thiazole rings is 1. The predicted octanol–water partition coefficient (Wildman–Crippen LogP) is 4.33. The normalized spacial score (nSPS) is 17.7. The van der Waals surface area contributed by atoms with Crippen molar-refractivity contribution in [2.24, 2.45) is 0 Å². The fourth-order valence-corrected chi connectivity index (χ4v) is 6.08. The van der Waals surface area contributed by atoms with E-state index in [0.29, 0.717) is 18.3 Å². The Labute approximate surface area is 219 Å². The van der Waals surface area contributed by atoms with Crippen molar-refractivity contribution in [3.63, 3.8) is 0 Å². The minimum atomic E-state index is -4.13. The van der Waals surface area contributed by atoms with Gasteiger partial charge in [0.2, 0.25) is 0 Å². The van der Waals surface area contributed by atoms with Gasteiger partial charge in [0.25, 0.3) is 10.0 Å². The second-order valence-electron chi connectivity index (χ2n) is 8.44. The molecule has 0 radical (unpaired) electrons. The molecule has 1 aliphatic heterocycles. The van der Waals surface area contributed by atoms with Crippen LogP contribution in [0.3, 0.4) is 0 Å². The van der Waals surface area contributed by atoms with Gasteiger partial charge in [-0.15, -0.1) is 11.3 Å². The van der Waals surface area contributed by atoms with Crippen molar-refractivity contribution in [2.75, 3.05) is 36.2 Å². The molecule has 0 unspecified atom stereocenters. The number of ether oxygens (including phenoxy) is 1. The molecule has 2 atom stereocenters. The molecule has 0 amide bonds. The van der Waals surface area contributed by atoms with E-state index in [4.69, 9.17) is 16.3 Å². The highest BCUT2D eigenvalue weighted by Crippen LogP contribution is 2.29. The maximum Gasteiger partial charge on any atom is 0.266 e. The molecule has 8 nitrogen and oxygen atoms in total. The second-order valence-corrected chi connectivity index (χ2v) is 11.4. The third-order valence-corrected chi connectivity index (χ3v) is 8.16. The Bertz CT molecular complexity index is 1220. The molecule has 0 saturated carbocycles. The molecule has 0 spiro atoms. The molecule has 0 bridgehead atoms. The van der Waals surface area contributed by atoms with Crippen LogP contribution in [0.25, 0.3) is 0 Å². The van der Waals surface area contributed by atoms with E-state index >= 15 is 0 Å². The van der Waals surface area contributed by atoms with Gasteiger partial charge in [0.15, 0.2) is 5.13 Å². The number of sulfonamides is 1. The SMILES string of the molecule is O=S(=O)(Nc1nccs1)c1cc(Cl)c(NCCCCNC[C@@H]2C[C@H](Oc3ccccc3)CN2)cc1F. The average molecular weight is 554 g/mol. The molecule has 1 aromatic heterocycles. The zero-order chi connectivity index (χ0) is 25.4. The number of nitrogens with one attached hydrogen (secondary N) is 4. The predicted molar refractivity (Wildman–Crippen MR) is 142 cm³/mol. The van der Waals surface area contributed by atoms with Gasteiger partial charge in [0.1, 0.15) is 22.6 Å². The van der Waals surface area contributed by atoms with Crippen LogP contribution in [0, 0.1) is 5.82 Å². The van der Waals surface area contributed by atoms with Crippen molar-refractivity contribution in [1.29, 1.82) is 0 Å². The minimum absolute atomic E-state index is 0.133. The van der Waals surface area contributed by atoms with E-state index in [0.717, 1.165) is 68.1 Å². The molecule has 12 heteroatoms. The van der Waals surface area contributed by atoms with Gasteiger partial charge < -0.3 is 20.7 Å². The van der Waals surface area contributed by atoms with Gasteiger partial charge in [-0.05, 0) is 43.7 Å². The quantitative estimate of drug-likeness (QED) is 0.234. The van der Waals surface area contributed by atoms with Crippen molar-refractivity contribution in [3.8, 4) is 5.75 Å². The molecule has 4 rings (SSSR count). The zero-order valence-electron chi connectivity index (χ0n) is 19.5. The lowest BCUT2D eigenvalue weighted by Crippen LogP contribution is -2.34. The number of hydrogen-bond donors (Lipinski definition) is 4. The summed E-state index contributed by atoms with van der Waals surface area (Å²) >= 11 is 7.32. The summed E-state index contributed by atoms with van der Waals surface area (Å²) in [5.41, 5.74) is 0.356. The van der Waals surface area contributed by atoms with E-state index in [1.807, 2.05) is 30.3 Å². The van der Waals surface area contributed by atoms with Crippen molar-refractivity contribution in [3.05, 3.63) is 64.9 Å². The maximum absolute atomic E-state index is 14.6. The number of nitrogens with zero attached hydrogens (tertiary/aromatic N) is 1. The zero-order valence-corrected chi connectivity index (χ0v) is 21.9. The van der Waals surface area contributed by atoms with Crippen LogP contribution in [0.4, 0.5) is 15.2 Å². The number of halogens is 2. The first-order chi connectivity index (χ1) is 17.4. The highest BCUT2D eigenvalue weighted by Gasteiger charge is 2.25. The van der Waals surface area contributed by atoms with Crippen molar-refractivity contribution in [1.82, 2.24) is 15.6 Å². The molecule has 2 heterocycles. The van der Waals surface area contributed by atoms with Crippen molar-refractivity contribution in [2.45, 2.75) is 36.3 Å². The summed E-state index contributed by atoms with van der Waals surface area (Å²) in [6, 6.07) is 12.4. The molecule has 3 aromatic rings. The van der Waals surface area contributed by atoms with Crippen molar-refractivity contribution >= 4 is 43.8 Å². The molecule has 1 saturated heterocycles. The molecule has 194 valence electrons. The Morgan fingerprint density at radius 2 is 2.00 bits per heavy atom. The molecule has 1 aliphatic rings. The first-order valence-electron chi connectivity index (χ1n) is 11.7. The Morgan fingerprint density at radius 1 is 1.19 bits per heavy atom. The summed E-state index contributed by atoms with van der Waals surface area (Å²) in [4.78, 5) is 3.34. The molecular formula is C24H29ClFN5O3S2. The van der Waals surface area contributed by atoms with Gasteiger partial charge >= 0.3 is 0 Å². The summed E-state index contributed by atoms with van der Waals surface area (Å²) < 4.78 is 47.7. The topological polar surface area (TPSA) is 104 Å². The van der Waals surface area contributed by atoms with Gasteiger partial charge in [0.05, 0.1) is 10.7 Å². The number of benzene rings is 2. The van der Waals surface area contributed by atoms with Crippen LogP contribution in [0.2, 0.25) is 5.02 Å². The van der Waals surface area contributed by atoms with Crippen LogP contribution in [0.1, 0.15) is 19.3 Å². The summed E-state index contributed by atoms with van der Waals surface area (Å²) in [6.45, 7) is 3.14. The number of para-hydroxylation sites is 1. The van der Waals surface area contributed by atoms with Crippen LogP contribution in [0.15, 0.2) is 58.9 Å². The first kappa shape index (κ1) is 26.6. The highest BCUT2D eigenvalue weighted by atomic mass is 35.5. The van der Waals surface area contributed by atoms with Gasteiger partial charge in [0, 0.05) is 43.7 Å². The lowest BCUT2D eigenvalue weighted by molar-refractivity contribution is 0.219. The van der Waals surface area contributed by atoms with Crippen LogP contribution < -0.4 is 25.4 Å². The molecule has 2 aromatic carbocycles. The summed E-state index contributed by atoms with van der Waals surface area (Å²) in [5, 5.41) is 11.9. The standard InChI is InChI=1S/C24H29ClFN5O3S2/c25-20-13-23(36(32,33)31-24-29-10-11-35-24)21(26)14-22(20)28-9-5-4-8-27-15-17-12-19(16-30-17)34-18-6-2-1-3-7-18/h1-3,6-7,10-11,13-14,17,19,27-28,30H,4-5,8-9,12,15-16H2,(H,29,31)/t17-,19-/m0/s1. The van der Waals surface area contributed by atoms with Crippen LogP contribution >= 0.6 is 22.9 Å². The molecule has 1 fully saturated rings. The van der Waals surface area contributed by atoms with Crippen LogP contribution in [-0.4, -0.2) is 51.7 Å². The van der Waals surface area contributed by atoms with Gasteiger partial charge in [-0.25, -0.2) is 17.8 Å². The van der Waals surface area contributed by atoms with Crippen molar-refractivity contribution < 1.29 is 17.5 Å². The maximum atomic E-state index is 14.6. The van der Waals surface area contributed by atoms with E-state index < -0.39 is 20.7 Å². The highest BCUT2D eigenvalue weighted by molar-refractivity contribution is 7.93. The van der Waals surface area contributed by atoms with Gasteiger partial charge in [-0.1, -0.05) is 29.8 Å². The Balaban J connectivity index is 1.13. The van der Waals surface area contributed by atoms with E-state index in [1.54, 1.807) is 5.38 Å². The summed E-state index contributed by atoms with van der Waals surface area (Å²) in [7, 11) is -4.13. The number of anilines is 2. The van der Waals surface area contributed by atoms with E-state index in [9.17, 15) is 12.8 Å². The second kappa shape index (κ2) is 12.7. The van der Waals surface area contributed by atoms with Crippen LogP contribution in [-0.2, 0) is 10.0 Å². The number of aromatic nitrogens is 1. The summed E-state index contributed by atoms with van der Waals surface area (Å²) in [5.74, 6) is 0.0141. The lowest BCUT2D eigenvalue weighted by atomic mass is 10.2. The Hall–Kier alpha value is -2.44. The van der Waals surface area contributed by atoms with Gasteiger partial charge in [-0.2, -0.15) is 0 Å². The van der Waals surface area contributed by atoms with Gasteiger partial charge in [-0.3, -0.25) is 4.72 Å². The monoisotopic (exact) mass is 553 g/mol. The largest absolute Gasteiger partial charge is 0.489 e. The Kier molecular flexibility index (Phi) is 9.38. The summed E-state index contributed by atoms with van der Waals surface area (Å²) in [6.07, 6.45) is 4.36. The van der Waals surface area contributed by atoms with Crippen LogP contribution in [0.5, 0.6) is 5.75 Å². The molecular weight excluding hydrogens is 525 g/mol. The fourth-order valence-electron chi connectivity index (χ4n) is 3.91. The number of hydrogen-bond acceptors (Lipinski definition) is 8. The number of unbranched alkanes of at least 4 members (excludes halogenated alkanes) is 1. The smallest absolute Gasteiger partial charge is 0.266 e. The van der Waals surface area contributed by atoms with E-state index in [-0.39, 0.29) is 16.3 Å². The lowest BCUT2D eigenvalue weighted by Gasteiger charge is -2.14. The fraction of sp³-hybridized carbons (Fsp3) is 0.375. The van der Waals surface area contributed by atoms with E-state index in [1.165, 1.54) is 6.20 Å². The number of rotatable bonds is 13. The molecule has 36 heavy (non-hydrogen) atoms. The van der Waals surface area contributed by atoms with E-state index in [2.05, 4.69) is 25.7 Å². The molecule has 0 aliphatic carbocycles. The third-order valence-electron chi connectivity index (χ3n) is 5.68.